The number of halogens is 1. The van der Waals surface area contributed by atoms with Crippen molar-refractivity contribution >= 4 is 49.2 Å². The third-order valence-electron chi connectivity index (χ3n) is 3.87. The van der Waals surface area contributed by atoms with Crippen LogP contribution in [0.2, 0.25) is 0 Å². The fraction of sp³-hybridized carbons (Fsp3) is 0. The number of H-pyrrole nitrogens is 1. The molecule has 10 heteroatoms. The van der Waals surface area contributed by atoms with Crippen LogP contribution in [0, 0.1) is 0 Å². The fourth-order valence-electron chi connectivity index (χ4n) is 2.59. The highest BCUT2D eigenvalue weighted by atomic mass is 79.9. The van der Waals surface area contributed by atoms with E-state index in [2.05, 4.69) is 35.5 Å². The first-order valence-electron chi connectivity index (χ1n) is 7.93. The molecular weight excluding hydrogens is 464 g/mol. The molecule has 0 aliphatic heterocycles. The van der Waals surface area contributed by atoms with Gasteiger partial charge in [-0.3, -0.25) is 9.89 Å². The van der Waals surface area contributed by atoms with E-state index in [0.717, 1.165) is 16.2 Å². The summed E-state index contributed by atoms with van der Waals surface area (Å²) in [5.74, 6) is -0.225. The topological polar surface area (TPSA) is 105 Å². The Morgan fingerprint density at radius 1 is 1.04 bits per heavy atom. The summed E-state index contributed by atoms with van der Waals surface area (Å²) >= 11 is 4.35. The second kappa shape index (κ2) is 7.46. The van der Waals surface area contributed by atoms with E-state index in [1.807, 2.05) is 0 Å². The molecule has 2 aromatic carbocycles. The van der Waals surface area contributed by atoms with E-state index in [9.17, 15) is 13.2 Å². The van der Waals surface area contributed by atoms with Crippen LogP contribution in [0.15, 0.2) is 84.8 Å². The maximum absolute atomic E-state index is 12.8. The van der Waals surface area contributed by atoms with E-state index in [1.165, 1.54) is 24.5 Å². The Hall–Kier alpha value is -2.56. The average molecular weight is 475 g/mol. The molecule has 0 radical (unpaired) electrons. The molecule has 0 saturated heterocycles. The summed E-state index contributed by atoms with van der Waals surface area (Å²) in [6.07, 6.45) is 2.80. The third-order valence-corrected chi connectivity index (χ3v) is 6.62. The van der Waals surface area contributed by atoms with E-state index in [-0.39, 0.29) is 16.4 Å². The van der Waals surface area contributed by atoms with Gasteiger partial charge in [0.1, 0.15) is 6.33 Å². The molecule has 0 saturated carbocycles. The quantitative estimate of drug-likeness (QED) is 0.618. The second-order valence-corrected chi connectivity index (χ2v) is 9.23. The van der Waals surface area contributed by atoms with Crippen molar-refractivity contribution in [2.75, 3.05) is 0 Å². The molecule has 1 N–H and O–H groups in total. The number of thioether (sulfide) groups is 1. The molecule has 0 unspecified atom stereocenters. The van der Waals surface area contributed by atoms with Crippen LogP contribution in [0.3, 0.4) is 0 Å². The maximum atomic E-state index is 12.8. The van der Waals surface area contributed by atoms with E-state index in [0.29, 0.717) is 21.2 Å². The number of sulfonamides is 1. The summed E-state index contributed by atoms with van der Waals surface area (Å²) in [6.45, 7) is 0. The number of ketones is 1. The second-order valence-electron chi connectivity index (χ2n) is 5.68. The molecule has 0 spiro atoms. The Kier molecular flexibility index (Phi) is 5.00. The first kappa shape index (κ1) is 18.8. The minimum absolute atomic E-state index is 0.0652. The number of aromatic nitrogens is 3. The fourth-order valence-corrected chi connectivity index (χ4v) is 4.63. The summed E-state index contributed by atoms with van der Waals surface area (Å²) in [4.78, 5) is 17.2. The van der Waals surface area contributed by atoms with E-state index in [1.54, 1.807) is 36.4 Å². The van der Waals surface area contributed by atoms with Crippen LogP contribution in [0.1, 0.15) is 15.9 Å². The number of carbonyl (C=O) groups excluding carboxylic acids is 1. The minimum Gasteiger partial charge on any atom is -0.288 e. The molecule has 1 heterocycles. The molecule has 0 fully saturated rings. The number of carbonyl (C=O) groups is 1. The SMILES string of the molecule is O=C1C(Sc2ncn[nH]2)=CC(=NS(=O)(=O)c2ccc(Br)cc2)c2ccccc21. The maximum Gasteiger partial charge on any atom is 0.282 e. The largest absolute Gasteiger partial charge is 0.288 e. The molecule has 0 bridgehead atoms. The average Bonchev–Trinajstić information content (AvgIpc) is 3.19. The zero-order valence-corrected chi connectivity index (χ0v) is 17.3. The Balaban J connectivity index is 1.82. The van der Waals surface area contributed by atoms with Crippen molar-refractivity contribution in [2.24, 2.45) is 4.40 Å². The number of nitrogens with zero attached hydrogens (tertiary/aromatic N) is 3. The highest BCUT2D eigenvalue weighted by Crippen LogP contribution is 2.32. The summed E-state index contributed by atoms with van der Waals surface area (Å²) in [5, 5.41) is 6.85. The number of hydrogen-bond donors (Lipinski definition) is 1. The summed E-state index contributed by atoms with van der Waals surface area (Å²) in [7, 11) is -3.96. The van der Waals surface area contributed by atoms with E-state index < -0.39 is 10.0 Å². The zero-order valence-electron chi connectivity index (χ0n) is 14.0. The smallest absolute Gasteiger partial charge is 0.282 e. The number of hydrogen-bond acceptors (Lipinski definition) is 6. The lowest BCUT2D eigenvalue weighted by atomic mass is 9.94. The van der Waals surface area contributed by atoms with Gasteiger partial charge in [0, 0.05) is 15.6 Å². The van der Waals surface area contributed by atoms with Gasteiger partial charge in [-0.1, -0.05) is 40.2 Å². The lowest BCUT2D eigenvalue weighted by molar-refractivity contribution is 0.104. The van der Waals surface area contributed by atoms with Gasteiger partial charge in [-0.05, 0) is 42.1 Å². The predicted octanol–water partition coefficient (Wildman–Crippen LogP) is 3.62. The Morgan fingerprint density at radius 2 is 1.75 bits per heavy atom. The van der Waals surface area contributed by atoms with Crippen LogP contribution in [0.25, 0.3) is 0 Å². The highest BCUT2D eigenvalue weighted by Gasteiger charge is 2.27. The minimum atomic E-state index is -3.96. The number of nitrogens with one attached hydrogen (secondary N) is 1. The van der Waals surface area contributed by atoms with Crippen molar-refractivity contribution < 1.29 is 13.2 Å². The molecule has 1 aliphatic rings. The van der Waals surface area contributed by atoms with Crippen molar-refractivity contribution in [3.05, 3.63) is 81.4 Å². The number of aromatic amines is 1. The van der Waals surface area contributed by atoms with Gasteiger partial charge in [0.05, 0.1) is 15.5 Å². The summed E-state index contributed by atoms with van der Waals surface area (Å²) in [6, 6.07) is 13.0. The number of allylic oxidation sites excluding steroid dienone is 2. The van der Waals surface area contributed by atoms with Crippen LogP contribution in [0.5, 0.6) is 0 Å². The lowest BCUT2D eigenvalue weighted by Gasteiger charge is -2.16. The van der Waals surface area contributed by atoms with Crippen LogP contribution >= 0.6 is 27.7 Å². The van der Waals surface area contributed by atoms with Crippen molar-refractivity contribution in [1.82, 2.24) is 15.2 Å². The summed E-state index contributed by atoms with van der Waals surface area (Å²) < 4.78 is 30.3. The molecule has 140 valence electrons. The predicted molar refractivity (Wildman–Crippen MR) is 109 cm³/mol. The number of fused-ring (bicyclic) bond motifs is 1. The monoisotopic (exact) mass is 474 g/mol. The molecule has 28 heavy (non-hydrogen) atoms. The van der Waals surface area contributed by atoms with Crippen LogP contribution < -0.4 is 0 Å². The number of Topliss-reactive ketones (excluding diaryl/α,β-unsaturated/α-hetero) is 1. The van der Waals surface area contributed by atoms with Gasteiger partial charge in [0.25, 0.3) is 10.0 Å². The lowest BCUT2D eigenvalue weighted by Crippen LogP contribution is -2.17. The number of benzene rings is 2. The summed E-state index contributed by atoms with van der Waals surface area (Å²) in [5.41, 5.74) is 1.05. The standard InChI is InChI=1S/C18H11BrN4O3S2/c19-11-5-7-12(8-6-11)28(25,26)23-15-9-16(27-18-20-10-21-22-18)17(24)14-4-2-1-3-13(14)15/h1-10H,(H,20,21,22). The van der Waals surface area contributed by atoms with E-state index >= 15 is 0 Å². The molecule has 3 aromatic rings. The van der Waals surface area contributed by atoms with Crippen LogP contribution in [-0.2, 0) is 10.0 Å². The normalized spacial score (nSPS) is 15.4. The van der Waals surface area contributed by atoms with Crippen molar-refractivity contribution in [1.29, 1.82) is 0 Å². The van der Waals surface area contributed by atoms with Gasteiger partial charge in [0.2, 0.25) is 5.78 Å². The van der Waals surface area contributed by atoms with Crippen molar-refractivity contribution in [3.63, 3.8) is 0 Å². The van der Waals surface area contributed by atoms with Gasteiger partial charge in [-0.2, -0.15) is 17.9 Å². The molecular formula is C18H11BrN4O3S2. The first-order chi connectivity index (χ1) is 13.4. The Morgan fingerprint density at radius 3 is 2.43 bits per heavy atom. The molecule has 4 rings (SSSR count). The van der Waals surface area contributed by atoms with Gasteiger partial charge in [-0.25, -0.2) is 4.98 Å². The highest BCUT2D eigenvalue weighted by molar-refractivity contribution is 9.10. The zero-order chi connectivity index (χ0) is 19.7. The molecule has 7 nitrogen and oxygen atoms in total. The van der Waals surface area contributed by atoms with Gasteiger partial charge >= 0.3 is 0 Å². The van der Waals surface area contributed by atoms with Gasteiger partial charge in [-0.15, -0.1) is 0 Å². The van der Waals surface area contributed by atoms with E-state index in [4.69, 9.17) is 0 Å². The Labute approximate surface area is 173 Å². The first-order valence-corrected chi connectivity index (χ1v) is 11.0. The Bertz CT molecular complexity index is 1220. The van der Waals surface area contributed by atoms with Crippen molar-refractivity contribution in [2.45, 2.75) is 10.1 Å². The van der Waals surface area contributed by atoms with Crippen LogP contribution in [-0.4, -0.2) is 35.1 Å². The molecule has 0 atom stereocenters. The number of rotatable bonds is 4. The van der Waals surface area contributed by atoms with Crippen LogP contribution in [0.4, 0.5) is 0 Å². The molecule has 1 aromatic heterocycles. The molecule has 1 aliphatic carbocycles. The van der Waals surface area contributed by atoms with Crippen molar-refractivity contribution in [3.8, 4) is 0 Å². The molecule has 0 amide bonds. The van der Waals surface area contributed by atoms with Gasteiger partial charge in [0.15, 0.2) is 5.16 Å². The third kappa shape index (κ3) is 3.71. The van der Waals surface area contributed by atoms with Gasteiger partial charge < -0.3 is 0 Å².